The Morgan fingerprint density at radius 1 is 0.250 bits per heavy atom. The first kappa shape index (κ1) is 32.6. The zero-order valence-electron chi connectivity index (χ0n) is 28.9. The molecular weight excluding hydrogens is 566 g/mol. The summed E-state index contributed by atoms with van der Waals surface area (Å²) in [6.07, 6.45) is 46.4. The van der Waals surface area contributed by atoms with Crippen LogP contribution >= 0.6 is 14.5 Å². The lowest BCUT2D eigenvalue weighted by Gasteiger charge is -2.50. The van der Waals surface area contributed by atoms with Crippen molar-refractivity contribution in [1.82, 2.24) is 0 Å². The Bertz CT molecular complexity index is 805. The maximum atomic E-state index is 2.93. The minimum Gasteiger partial charge on any atom is -0.0530 e. The van der Waals surface area contributed by atoms with Gasteiger partial charge in [-0.3, -0.25) is 0 Å². The fraction of sp³-hybridized carbons (Fsp3) is 0.857. The molecule has 0 atom stereocenters. The molecule has 6 fully saturated rings. The van der Waals surface area contributed by atoms with Gasteiger partial charge in [0.05, 0.1) is 59.1 Å². The third-order valence-electron chi connectivity index (χ3n) is 14.8. The third-order valence-corrected chi connectivity index (χ3v) is 27.6. The molecule has 1 aromatic carbocycles. The lowest BCUT2D eigenvalue weighted by molar-refractivity contribution is 0.454. The standard InChI is InChI=1S/C42H70P2/c1-7-19-35(20-8-1)43(36-21-9-2-10-22-36,37-23-11-3-12-24-37)41-31-33-42(34-32-41)44(38-25-13-4-14-26-38,39-27-15-5-16-28-39)40-29-17-6-18-30-40/h31-40H,1-30H2/q+2. The van der Waals surface area contributed by atoms with Crippen LogP contribution in [0.2, 0.25) is 0 Å². The van der Waals surface area contributed by atoms with Crippen LogP contribution in [0.4, 0.5) is 0 Å². The van der Waals surface area contributed by atoms with E-state index in [9.17, 15) is 0 Å². The molecule has 0 radical (unpaired) electrons. The molecule has 44 heavy (non-hydrogen) atoms. The largest absolute Gasteiger partial charge is 0.0951 e. The van der Waals surface area contributed by atoms with Gasteiger partial charge in [-0.15, -0.1) is 0 Å². The molecule has 0 aromatic heterocycles. The van der Waals surface area contributed by atoms with E-state index in [2.05, 4.69) is 24.3 Å². The average molecular weight is 637 g/mol. The van der Waals surface area contributed by atoms with Gasteiger partial charge in [0.25, 0.3) is 0 Å². The van der Waals surface area contributed by atoms with Crippen molar-refractivity contribution in [1.29, 1.82) is 0 Å². The second-order valence-electron chi connectivity index (χ2n) is 16.9. The average Bonchev–Trinajstić information content (AvgIpc) is 3.12. The summed E-state index contributed by atoms with van der Waals surface area (Å²) in [6, 6.07) is 11.7. The molecule has 6 aliphatic rings. The Labute approximate surface area is 275 Å². The molecule has 0 amide bonds. The first-order valence-corrected chi connectivity index (χ1v) is 24.7. The maximum Gasteiger partial charge on any atom is 0.0951 e. The molecule has 0 N–H and O–H groups in total. The number of rotatable bonds is 8. The second-order valence-corrected chi connectivity index (χ2v) is 25.7. The Balaban J connectivity index is 1.34. The van der Waals surface area contributed by atoms with Crippen molar-refractivity contribution in [2.45, 2.75) is 227 Å². The SMILES string of the molecule is c1cc([P+](C2CCCCC2)(C2CCCCC2)C2CCCCC2)ccc1[P+](C1CCCCC1)(C1CCCCC1)C1CCCCC1. The number of benzene rings is 1. The van der Waals surface area contributed by atoms with Crippen LogP contribution in [0.25, 0.3) is 0 Å². The highest BCUT2D eigenvalue weighted by Gasteiger charge is 2.61. The fourth-order valence-electron chi connectivity index (χ4n) is 13.1. The van der Waals surface area contributed by atoms with Gasteiger partial charge in [0, 0.05) is 0 Å². The van der Waals surface area contributed by atoms with Gasteiger partial charge in [-0.1, -0.05) is 38.5 Å². The monoisotopic (exact) mass is 636 g/mol. The molecule has 6 aliphatic carbocycles. The van der Waals surface area contributed by atoms with Crippen molar-refractivity contribution in [3.63, 3.8) is 0 Å². The van der Waals surface area contributed by atoms with Gasteiger partial charge in [0.15, 0.2) is 0 Å². The highest BCUT2D eigenvalue weighted by molar-refractivity contribution is 7.85. The Hall–Kier alpha value is 0.0800. The summed E-state index contributed by atoms with van der Waals surface area (Å²) in [5.74, 6) is 0. The summed E-state index contributed by atoms with van der Waals surface area (Å²) in [5.41, 5.74) is 6.35. The van der Waals surface area contributed by atoms with E-state index >= 15 is 0 Å². The molecular formula is C42H70P2+2. The number of hydrogen-bond donors (Lipinski definition) is 0. The van der Waals surface area contributed by atoms with Crippen LogP contribution in [0.5, 0.6) is 0 Å². The molecule has 0 bridgehead atoms. The topological polar surface area (TPSA) is 0 Å². The Morgan fingerprint density at radius 2 is 0.409 bits per heavy atom. The summed E-state index contributed by atoms with van der Waals surface area (Å²) in [5, 5.41) is 3.95. The van der Waals surface area contributed by atoms with Gasteiger partial charge in [-0.25, -0.2) is 0 Å². The summed E-state index contributed by atoms with van der Waals surface area (Å²) < 4.78 is 0. The predicted molar refractivity (Wildman–Crippen MR) is 201 cm³/mol. The fourth-order valence-corrected chi connectivity index (χ4v) is 27.8. The minimum atomic E-state index is -1.23. The molecule has 6 saturated carbocycles. The molecule has 0 saturated heterocycles. The molecule has 0 nitrogen and oxygen atoms in total. The first-order chi connectivity index (χ1) is 21.8. The van der Waals surface area contributed by atoms with Crippen LogP contribution in [0.15, 0.2) is 24.3 Å². The first-order valence-electron chi connectivity index (χ1n) is 20.7. The quantitative estimate of drug-likeness (QED) is 0.249. The van der Waals surface area contributed by atoms with Gasteiger partial charge in [-0.2, -0.15) is 0 Å². The zero-order valence-corrected chi connectivity index (χ0v) is 30.7. The van der Waals surface area contributed by atoms with Gasteiger partial charge < -0.3 is 0 Å². The summed E-state index contributed by atoms with van der Waals surface area (Å²) >= 11 is 0. The smallest absolute Gasteiger partial charge is 0.0530 e. The molecule has 2 heteroatoms. The van der Waals surface area contributed by atoms with E-state index in [1.165, 1.54) is 116 Å². The van der Waals surface area contributed by atoms with E-state index in [4.69, 9.17) is 0 Å². The van der Waals surface area contributed by atoms with E-state index in [0.717, 1.165) is 34.0 Å². The van der Waals surface area contributed by atoms with Crippen molar-refractivity contribution < 1.29 is 0 Å². The molecule has 0 heterocycles. The van der Waals surface area contributed by atoms with Crippen molar-refractivity contribution in [3.8, 4) is 0 Å². The van der Waals surface area contributed by atoms with Crippen molar-refractivity contribution >= 4 is 25.1 Å². The van der Waals surface area contributed by atoms with Crippen LogP contribution in [-0.2, 0) is 0 Å². The third kappa shape index (κ3) is 6.31. The molecule has 0 unspecified atom stereocenters. The van der Waals surface area contributed by atoms with Crippen LogP contribution in [0, 0.1) is 0 Å². The maximum absolute atomic E-state index is 2.93. The van der Waals surface area contributed by atoms with Gasteiger partial charge in [0.1, 0.15) is 0 Å². The summed E-state index contributed by atoms with van der Waals surface area (Å²) in [7, 11) is -2.46. The minimum absolute atomic E-state index is 1.06. The molecule has 246 valence electrons. The predicted octanol–water partition coefficient (Wildman–Crippen LogP) is 13.0. The van der Waals surface area contributed by atoms with Gasteiger partial charge >= 0.3 is 0 Å². The van der Waals surface area contributed by atoms with Crippen molar-refractivity contribution in [3.05, 3.63) is 24.3 Å². The molecule has 1 aromatic rings. The lowest BCUT2D eigenvalue weighted by atomic mass is 9.99. The highest BCUT2D eigenvalue weighted by atomic mass is 31.2. The second kappa shape index (κ2) is 15.5. The van der Waals surface area contributed by atoms with Gasteiger partial charge in [0.2, 0.25) is 0 Å². The van der Waals surface area contributed by atoms with Crippen molar-refractivity contribution in [2.24, 2.45) is 0 Å². The summed E-state index contributed by atoms with van der Waals surface area (Å²) in [6.45, 7) is 0. The van der Waals surface area contributed by atoms with Crippen LogP contribution < -0.4 is 10.6 Å². The van der Waals surface area contributed by atoms with Crippen molar-refractivity contribution in [2.75, 3.05) is 0 Å². The van der Waals surface area contributed by atoms with E-state index in [1.807, 2.05) is 10.6 Å². The Kier molecular flexibility index (Phi) is 11.5. The Morgan fingerprint density at radius 3 is 0.568 bits per heavy atom. The van der Waals surface area contributed by atoms with E-state index < -0.39 is 14.5 Å². The summed E-state index contributed by atoms with van der Waals surface area (Å²) in [4.78, 5) is 0. The molecule has 0 spiro atoms. The highest BCUT2D eigenvalue weighted by Crippen LogP contribution is 2.78. The van der Waals surface area contributed by atoms with Crippen LogP contribution in [-0.4, -0.2) is 34.0 Å². The van der Waals surface area contributed by atoms with Crippen LogP contribution in [0.3, 0.4) is 0 Å². The molecule has 0 aliphatic heterocycles. The lowest BCUT2D eigenvalue weighted by Crippen LogP contribution is -2.43. The van der Waals surface area contributed by atoms with Crippen LogP contribution in [0.1, 0.15) is 193 Å². The van der Waals surface area contributed by atoms with E-state index in [1.54, 1.807) is 77.0 Å². The zero-order chi connectivity index (χ0) is 29.7. The van der Waals surface area contributed by atoms with E-state index in [0.29, 0.717) is 0 Å². The number of hydrogen-bond acceptors (Lipinski definition) is 0. The van der Waals surface area contributed by atoms with E-state index in [-0.39, 0.29) is 0 Å². The normalized spacial score (nSPS) is 27.5. The molecule has 7 rings (SSSR count). The van der Waals surface area contributed by atoms with Gasteiger partial charge in [-0.05, 0) is 178 Å².